The van der Waals surface area contributed by atoms with Crippen LogP contribution in [0.2, 0.25) is 0 Å². The molecule has 0 spiro atoms. The van der Waals surface area contributed by atoms with Crippen LogP contribution < -0.4 is 9.47 Å². The van der Waals surface area contributed by atoms with E-state index < -0.39 is 5.41 Å². The Bertz CT molecular complexity index is 686. The molecule has 4 nitrogen and oxygen atoms in total. The number of ether oxygens (including phenoxy) is 2. The van der Waals surface area contributed by atoms with E-state index in [1.165, 1.54) is 0 Å². The molecule has 3 rings (SSSR count). The zero-order chi connectivity index (χ0) is 17.3. The van der Waals surface area contributed by atoms with Gasteiger partial charge >= 0.3 is 0 Å². The summed E-state index contributed by atoms with van der Waals surface area (Å²) >= 11 is 0. The fourth-order valence-electron chi connectivity index (χ4n) is 3.54. The SMILES string of the molecule is COc1ccc2c(c1)O[C@@H](C)C/C2=C/CC1(C)C(=O)CCCC1=O. The number of hydrogen-bond donors (Lipinski definition) is 0. The summed E-state index contributed by atoms with van der Waals surface area (Å²) in [6.45, 7) is 3.82. The molecule has 4 heteroatoms. The van der Waals surface area contributed by atoms with Crippen LogP contribution in [0.3, 0.4) is 0 Å². The number of fused-ring (bicyclic) bond motifs is 1. The summed E-state index contributed by atoms with van der Waals surface area (Å²) in [5.74, 6) is 1.70. The van der Waals surface area contributed by atoms with Gasteiger partial charge in [-0.2, -0.15) is 0 Å². The van der Waals surface area contributed by atoms with E-state index in [4.69, 9.17) is 9.47 Å². The first kappa shape index (κ1) is 16.7. The summed E-state index contributed by atoms with van der Waals surface area (Å²) in [5, 5.41) is 0. The minimum absolute atomic E-state index is 0.0569. The molecule has 1 saturated carbocycles. The van der Waals surface area contributed by atoms with Crippen molar-refractivity contribution < 1.29 is 19.1 Å². The van der Waals surface area contributed by atoms with Gasteiger partial charge in [-0.15, -0.1) is 0 Å². The molecule has 0 bridgehead atoms. The first-order valence-corrected chi connectivity index (χ1v) is 8.55. The van der Waals surface area contributed by atoms with Crippen LogP contribution in [0, 0.1) is 5.41 Å². The maximum Gasteiger partial charge on any atom is 0.146 e. The number of ketones is 2. The third kappa shape index (κ3) is 2.97. The smallest absolute Gasteiger partial charge is 0.146 e. The zero-order valence-corrected chi connectivity index (χ0v) is 14.6. The topological polar surface area (TPSA) is 52.6 Å². The number of carbonyl (C=O) groups excluding carboxylic acids is 2. The molecule has 1 aliphatic carbocycles. The van der Waals surface area contributed by atoms with Crippen molar-refractivity contribution >= 4 is 17.1 Å². The van der Waals surface area contributed by atoms with Crippen molar-refractivity contribution in [2.24, 2.45) is 5.41 Å². The van der Waals surface area contributed by atoms with Gasteiger partial charge in [0.25, 0.3) is 0 Å². The highest BCUT2D eigenvalue weighted by molar-refractivity contribution is 6.08. The van der Waals surface area contributed by atoms with Crippen LogP contribution in [0.15, 0.2) is 24.3 Å². The Hall–Kier alpha value is -2.10. The lowest BCUT2D eigenvalue weighted by Crippen LogP contribution is -2.39. The maximum atomic E-state index is 12.3. The van der Waals surface area contributed by atoms with E-state index >= 15 is 0 Å². The molecule has 0 saturated heterocycles. The predicted octanol–water partition coefficient (Wildman–Crippen LogP) is 3.97. The summed E-state index contributed by atoms with van der Waals surface area (Å²) in [4.78, 5) is 24.6. The average molecular weight is 328 g/mol. The van der Waals surface area contributed by atoms with Gasteiger partial charge in [0.2, 0.25) is 0 Å². The van der Waals surface area contributed by atoms with Crippen molar-refractivity contribution in [3.63, 3.8) is 0 Å². The molecule has 1 aromatic carbocycles. The van der Waals surface area contributed by atoms with Crippen molar-refractivity contribution in [2.45, 2.75) is 52.1 Å². The van der Waals surface area contributed by atoms with E-state index in [0.717, 1.165) is 29.1 Å². The summed E-state index contributed by atoms with van der Waals surface area (Å²) in [6, 6.07) is 5.78. The molecule has 1 heterocycles. The van der Waals surface area contributed by atoms with E-state index in [1.54, 1.807) is 14.0 Å². The number of Topliss-reactive ketones (excluding diaryl/α,β-unsaturated/α-hetero) is 2. The van der Waals surface area contributed by atoms with E-state index in [0.29, 0.717) is 25.7 Å². The second-order valence-corrected chi connectivity index (χ2v) is 6.96. The molecule has 0 unspecified atom stereocenters. The molecule has 0 N–H and O–H groups in total. The molecule has 0 amide bonds. The zero-order valence-electron chi connectivity index (χ0n) is 14.6. The van der Waals surface area contributed by atoms with E-state index in [2.05, 4.69) is 6.08 Å². The van der Waals surface area contributed by atoms with Gasteiger partial charge < -0.3 is 9.47 Å². The lowest BCUT2D eigenvalue weighted by molar-refractivity contribution is -0.142. The third-order valence-electron chi connectivity index (χ3n) is 5.17. The Morgan fingerprint density at radius 3 is 2.67 bits per heavy atom. The number of methoxy groups -OCH3 is 1. The lowest BCUT2D eigenvalue weighted by atomic mass is 9.71. The van der Waals surface area contributed by atoms with Crippen LogP contribution in [-0.4, -0.2) is 24.8 Å². The van der Waals surface area contributed by atoms with E-state index in [9.17, 15) is 9.59 Å². The van der Waals surface area contributed by atoms with Crippen molar-refractivity contribution in [3.05, 3.63) is 29.8 Å². The number of allylic oxidation sites excluding steroid dienone is 1. The van der Waals surface area contributed by atoms with Crippen LogP contribution in [0.25, 0.3) is 5.57 Å². The van der Waals surface area contributed by atoms with Gasteiger partial charge in [0.1, 0.15) is 23.1 Å². The van der Waals surface area contributed by atoms with Crippen LogP contribution >= 0.6 is 0 Å². The Morgan fingerprint density at radius 2 is 2.00 bits per heavy atom. The van der Waals surface area contributed by atoms with Gasteiger partial charge in [-0.1, -0.05) is 6.08 Å². The van der Waals surface area contributed by atoms with Gasteiger partial charge in [0.05, 0.1) is 18.6 Å². The Balaban J connectivity index is 1.91. The molecule has 24 heavy (non-hydrogen) atoms. The minimum Gasteiger partial charge on any atom is -0.497 e. The van der Waals surface area contributed by atoms with Crippen LogP contribution in [0.4, 0.5) is 0 Å². The van der Waals surface area contributed by atoms with Gasteiger partial charge in [0, 0.05) is 30.9 Å². The van der Waals surface area contributed by atoms with Crippen molar-refractivity contribution in [1.29, 1.82) is 0 Å². The highest BCUT2D eigenvalue weighted by Gasteiger charge is 2.41. The number of carbonyl (C=O) groups is 2. The van der Waals surface area contributed by atoms with Crippen molar-refractivity contribution in [2.75, 3.05) is 7.11 Å². The number of hydrogen-bond acceptors (Lipinski definition) is 4. The fraction of sp³-hybridized carbons (Fsp3) is 0.500. The fourth-order valence-corrected chi connectivity index (χ4v) is 3.54. The maximum absolute atomic E-state index is 12.3. The molecule has 1 aliphatic heterocycles. The lowest BCUT2D eigenvalue weighted by Gasteiger charge is -2.31. The second kappa shape index (κ2) is 6.42. The van der Waals surface area contributed by atoms with E-state index in [-0.39, 0.29) is 17.7 Å². The quantitative estimate of drug-likeness (QED) is 0.788. The Morgan fingerprint density at radius 1 is 1.29 bits per heavy atom. The monoisotopic (exact) mass is 328 g/mol. The van der Waals surface area contributed by atoms with E-state index in [1.807, 2.05) is 25.1 Å². The van der Waals surface area contributed by atoms with Gasteiger partial charge in [-0.25, -0.2) is 0 Å². The van der Waals surface area contributed by atoms with Crippen LogP contribution in [0.5, 0.6) is 11.5 Å². The first-order valence-electron chi connectivity index (χ1n) is 8.55. The largest absolute Gasteiger partial charge is 0.497 e. The molecule has 1 fully saturated rings. The molecule has 1 atom stereocenters. The molecule has 1 aromatic rings. The summed E-state index contributed by atoms with van der Waals surface area (Å²) < 4.78 is 11.2. The first-order chi connectivity index (χ1) is 11.4. The number of benzene rings is 1. The Labute approximate surface area is 142 Å². The van der Waals surface area contributed by atoms with Crippen molar-refractivity contribution in [1.82, 2.24) is 0 Å². The van der Waals surface area contributed by atoms with Gasteiger partial charge in [0.15, 0.2) is 0 Å². The predicted molar refractivity (Wildman–Crippen MR) is 92.3 cm³/mol. The van der Waals surface area contributed by atoms with Crippen LogP contribution in [0.1, 0.15) is 51.5 Å². The van der Waals surface area contributed by atoms with Crippen LogP contribution in [-0.2, 0) is 9.59 Å². The highest BCUT2D eigenvalue weighted by atomic mass is 16.5. The molecular weight excluding hydrogens is 304 g/mol. The summed E-state index contributed by atoms with van der Waals surface area (Å²) in [7, 11) is 1.63. The third-order valence-corrected chi connectivity index (χ3v) is 5.17. The molecular formula is C20H24O4. The molecule has 0 aromatic heterocycles. The minimum atomic E-state index is -0.862. The normalized spacial score (nSPS) is 24.5. The number of rotatable bonds is 3. The molecule has 0 radical (unpaired) electrons. The Kier molecular flexibility index (Phi) is 4.48. The molecule has 128 valence electrons. The standard InChI is InChI=1S/C20H24O4/c1-13-11-14(16-8-7-15(23-3)12-17(16)24-13)9-10-20(2)18(21)5-4-6-19(20)22/h7-9,12-13H,4-6,10-11H2,1-3H3/b14-9-/t13-/m0/s1. The average Bonchev–Trinajstić information content (AvgIpc) is 2.57. The molecule has 2 aliphatic rings. The van der Waals surface area contributed by atoms with Crippen molar-refractivity contribution in [3.8, 4) is 11.5 Å². The second-order valence-electron chi connectivity index (χ2n) is 6.96. The summed E-state index contributed by atoms with van der Waals surface area (Å²) in [6.07, 6.45) is 5.08. The summed E-state index contributed by atoms with van der Waals surface area (Å²) in [5.41, 5.74) is 1.30. The van der Waals surface area contributed by atoms with Gasteiger partial charge in [-0.05, 0) is 44.4 Å². The highest BCUT2D eigenvalue weighted by Crippen LogP contribution is 2.40. The van der Waals surface area contributed by atoms with Gasteiger partial charge in [-0.3, -0.25) is 9.59 Å².